The molecule has 1 atom stereocenters. The molecule has 0 bridgehead atoms. The second kappa shape index (κ2) is 8.18. The summed E-state index contributed by atoms with van der Waals surface area (Å²) in [6.45, 7) is 5.60. The second-order valence-corrected chi connectivity index (χ2v) is 6.22. The Balaban J connectivity index is 2.20. The van der Waals surface area contributed by atoms with E-state index in [1.807, 2.05) is 43.3 Å². The number of anilines is 1. The fourth-order valence-electron chi connectivity index (χ4n) is 1.87. The van der Waals surface area contributed by atoms with Crippen molar-refractivity contribution in [2.75, 3.05) is 12.4 Å². The Hall–Kier alpha value is -2.78. The topological polar surface area (TPSA) is 69.0 Å². The van der Waals surface area contributed by atoms with Crippen LogP contribution in [0.5, 0.6) is 0 Å². The first-order chi connectivity index (χ1) is 11.5. The van der Waals surface area contributed by atoms with Gasteiger partial charge in [0, 0.05) is 29.1 Å². The molecule has 2 amide bonds. The van der Waals surface area contributed by atoms with Crippen LogP contribution in [0.2, 0.25) is 0 Å². The minimum absolute atomic E-state index is 0.0665. The van der Waals surface area contributed by atoms with Crippen LogP contribution in [-0.4, -0.2) is 29.0 Å². The van der Waals surface area contributed by atoms with E-state index in [1.54, 1.807) is 30.3 Å². The molecule has 0 aliphatic heterocycles. The number of aromatic nitrogens is 1. The van der Waals surface area contributed by atoms with Gasteiger partial charge < -0.3 is 10.2 Å². The molecule has 1 aromatic heterocycles. The number of hydrogen-bond acceptors (Lipinski definition) is 4. The molecule has 0 fully saturated rings. The highest BCUT2D eigenvalue weighted by Crippen LogP contribution is 2.33. The van der Waals surface area contributed by atoms with Crippen LogP contribution >= 0.6 is 11.8 Å². The first-order valence-corrected chi connectivity index (χ1v) is 8.16. The maximum atomic E-state index is 12.3. The van der Waals surface area contributed by atoms with E-state index in [2.05, 4.69) is 16.9 Å². The highest BCUT2D eigenvalue weighted by atomic mass is 32.2. The van der Waals surface area contributed by atoms with Crippen molar-refractivity contribution < 1.29 is 4.79 Å². The third-order valence-corrected chi connectivity index (χ3v) is 4.54. The van der Waals surface area contributed by atoms with Gasteiger partial charge in [-0.2, -0.15) is 5.26 Å². The number of benzene rings is 1. The summed E-state index contributed by atoms with van der Waals surface area (Å²) in [5.41, 5.74) is 1.08. The fraction of sp³-hybridized carbons (Fsp3) is 0.167. The van der Waals surface area contributed by atoms with Crippen molar-refractivity contribution >= 4 is 23.5 Å². The third-order valence-electron chi connectivity index (χ3n) is 3.47. The van der Waals surface area contributed by atoms with Crippen molar-refractivity contribution in [1.82, 2.24) is 9.88 Å². The Morgan fingerprint density at radius 2 is 2.21 bits per heavy atom. The van der Waals surface area contributed by atoms with E-state index in [0.717, 1.165) is 9.79 Å². The summed E-state index contributed by atoms with van der Waals surface area (Å²) >= 11 is 1.47. The lowest BCUT2D eigenvalue weighted by Gasteiger charge is -2.23. The number of carbonyl (C=O) groups excluding carboxylic acids is 1. The van der Waals surface area contributed by atoms with Gasteiger partial charge in [0.15, 0.2) is 0 Å². The molecule has 2 rings (SSSR count). The van der Waals surface area contributed by atoms with Gasteiger partial charge in [-0.3, -0.25) is 0 Å². The molecule has 0 saturated heterocycles. The average molecular weight is 338 g/mol. The van der Waals surface area contributed by atoms with Crippen molar-refractivity contribution in [3.8, 4) is 6.07 Å². The van der Waals surface area contributed by atoms with Gasteiger partial charge >= 0.3 is 6.03 Å². The predicted octanol–water partition coefficient (Wildman–Crippen LogP) is 4.14. The normalized spacial score (nSPS) is 11.2. The van der Waals surface area contributed by atoms with Gasteiger partial charge in [-0.15, -0.1) is 6.58 Å². The zero-order valence-electron chi connectivity index (χ0n) is 13.6. The molecule has 0 radical (unpaired) electrons. The second-order valence-electron chi connectivity index (χ2n) is 5.10. The summed E-state index contributed by atoms with van der Waals surface area (Å²) in [5, 5.41) is 11.9. The van der Waals surface area contributed by atoms with E-state index in [4.69, 9.17) is 5.26 Å². The van der Waals surface area contributed by atoms with Gasteiger partial charge in [0.2, 0.25) is 0 Å². The number of nitrogens with zero attached hydrogens (tertiary/aromatic N) is 3. The van der Waals surface area contributed by atoms with E-state index in [0.29, 0.717) is 11.4 Å². The Bertz CT molecular complexity index is 785. The van der Waals surface area contributed by atoms with Gasteiger partial charge in [-0.05, 0) is 31.2 Å². The number of nitriles is 1. The highest BCUT2D eigenvalue weighted by Gasteiger charge is 2.15. The number of pyridine rings is 1. The zero-order chi connectivity index (χ0) is 17.5. The first kappa shape index (κ1) is 17.6. The average Bonchev–Trinajstić information content (AvgIpc) is 2.62. The van der Waals surface area contributed by atoms with Gasteiger partial charge in [-0.1, -0.05) is 30.0 Å². The molecule has 0 aliphatic carbocycles. The summed E-state index contributed by atoms with van der Waals surface area (Å²) in [6.07, 6.45) is 3.31. The SMILES string of the molecule is C=CC(C)N(C)C(=O)Nc1ccccc1Sc1ccnc(C#N)c1. The Labute approximate surface area is 146 Å². The molecule has 1 aromatic carbocycles. The number of carbonyl (C=O) groups is 1. The number of nitrogens with one attached hydrogen (secondary N) is 1. The molecule has 24 heavy (non-hydrogen) atoms. The Morgan fingerprint density at radius 1 is 1.46 bits per heavy atom. The Morgan fingerprint density at radius 3 is 2.92 bits per heavy atom. The van der Waals surface area contributed by atoms with Crippen molar-refractivity contribution in [2.24, 2.45) is 0 Å². The number of likely N-dealkylation sites (N-methyl/N-ethyl adjacent to an activating group) is 1. The third kappa shape index (κ3) is 4.37. The Kier molecular flexibility index (Phi) is 5.99. The molecule has 6 heteroatoms. The summed E-state index contributed by atoms with van der Waals surface area (Å²) < 4.78 is 0. The number of urea groups is 1. The fourth-order valence-corrected chi connectivity index (χ4v) is 2.80. The molecule has 0 saturated carbocycles. The molecule has 0 spiro atoms. The van der Waals surface area contributed by atoms with Crippen LogP contribution in [0.1, 0.15) is 12.6 Å². The van der Waals surface area contributed by atoms with E-state index in [1.165, 1.54) is 11.8 Å². The monoisotopic (exact) mass is 338 g/mol. The minimum Gasteiger partial charge on any atom is -0.321 e. The predicted molar refractivity (Wildman–Crippen MR) is 96.0 cm³/mol. The van der Waals surface area contributed by atoms with Gasteiger partial charge in [0.25, 0.3) is 0 Å². The molecule has 1 unspecified atom stereocenters. The number of rotatable bonds is 5. The van der Waals surface area contributed by atoms with Gasteiger partial charge in [-0.25, -0.2) is 9.78 Å². The lowest BCUT2D eigenvalue weighted by molar-refractivity contribution is 0.216. The lowest BCUT2D eigenvalue weighted by Crippen LogP contribution is -2.37. The van der Waals surface area contributed by atoms with E-state index >= 15 is 0 Å². The van der Waals surface area contributed by atoms with Crippen LogP contribution in [0.15, 0.2) is 65.0 Å². The van der Waals surface area contributed by atoms with E-state index in [9.17, 15) is 4.79 Å². The summed E-state index contributed by atoms with van der Waals surface area (Å²) in [6, 6.07) is 12.8. The maximum absolute atomic E-state index is 12.3. The molecule has 0 aliphatic rings. The van der Waals surface area contributed by atoms with Crippen LogP contribution in [0, 0.1) is 11.3 Å². The standard InChI is InChI=1S/C18H18N4OS/c1-4-13(2)22(3)18(23)21-16-7-5-6-8-17(16)24-15-9-10-20-14(11-15)12-19/h4-11,13H,1H2,2-3H3,(H,21,23). The van der Waals surface area contributed by atoms with Crippen molar-refractivity contribution in [1.29, 1.82) is 5.26 Å². The highest BCUT2D eigenvalue weighted by molar-refractivity contribution is 7.99. The van der Waals surface area contributed by atoms with Crippen LogP contribution in [0.3, 0.4) is 0 Å². The molecular formula is C18H18N4OS. The quantitative estimate of drug-likeness (QED) is 0.832. The molecule has 1 heterocycles. The largest absolute Gasteiger partial charge is 0.322 e. The maximum Gasteiger partial charge on any atom is 0.322 e. The minimum atomic E-state index is -0.206. The zero-order valence-corrected chi connectivity index (χ0v) is 14.4. The van der Waals surface area contributed by atoms with E-state index in [-0.39, 0.29) is 12.1 Å². The van der Waals surface area contributed by atoms with Crippen LogP contribution in [0.4, 0.5) is 10.5 Å². The number of hydrogen-bond donors (Lipinski definition) is 1. The molecule has 122 valence electrons. The molecular weight excluding hydrogens is 320 g/mol. The lowest BCUT2D eigenvalue weighted by atomic mass is 10.3. The molecule has 1 N–H and O–H groups in total. The van der Waals surface area contributed by atoms with Gasteiger partial charge in [0.05, 0.1) is 5.69 Å². The van der Waals surface area contributed by atoms with Crippen molar-refractivity contribution in [3.63, 3.8) is 0 Å². The number of amides is 2. The van der Waals surface area contributed by atoms with Crippen LogP contribution < -0.4 is 5.32 Å². The number of para-hydroxylation sites is 1. The summed E-state index contributed by atoms with van der Waals surface area (Å²) in [4.78, 5) is 19.6. The smallest absolute Gasteiger partial charge is 0.321 e. The summed E-state index contributed by atoms with van der Waals surface area (Å²) in [5.74, 6) is 0. The van der Waals surface area contributed by atoms with Crippen LogP contribution in [0.25, 0.3) is 0 Å². The van der Waals surface area contributed by atoms with Crippen molar-refractivity contribution in [3.05, 3.63) is 60.9 Å². The molecule has 2 aromatic rings. The van der Waals surface area contributed by atoms with Gasteiger partial charge in [0.1, 0.15) is 11.8 Å². The first-order valence-electron chi connectivity index (χ1n) is 7.34. The van der Waals surface area contributed by atoms with Crippen molar-refractivity contribution in [2.45, 2.75) is 22.8 Å². The van der Waals surface area contributed by atoms with E-state index < -0.39 is 0 Å². The summed E-state index contributed by atoms with van der Waals surface area (Å²) in [7, 11) is 1.72. The van der Waals surface area contributed by atoms with Crippen LogP contribution in [-0.2, 0) is 0 Å². The molecule has 5 nitrogen and oxygen atoms in total.